The van der Waals surface area contributed by atoms with Gasteiger partial charge in [0.25, 0.3) is 0 Å². The van der Waals surface area contributed by atoms with Gasteiger partial charge in [-0.1, -0.05) is 29.8 Å². The molecule has 6 nitrogen and oxygen atoms in total. The first kappa shape index (κ1) is 22.1. The van der Waals surface area contributed by atoms with Gasteiger partial charge in [0.15, 0.2) is 0 Å². The molecule has 0 saturated carbocycles. The molecule has 2 aromatic rings. The molecule has 1 unspecified atom stereocenters. The lowest BCUT2D eigenvalue weighted by Crippen LogP contribution is -2.54. The minimum Gasteiger partial charge on any atom is -0.497 e. The number of halogens is 1. The Morgan fingerprint density at radius 3 is 2.57 bits per heavy atom. The van der Waals surface area contributed by atoms with Crippen LogP contribution in [-0.4, -0.2) is 60.9 Å². The van der Waals surface area contributed by atoms with Crippen molar-refractivity contribution in [2.45, 2.75) is 26.3 Å². The van der Waals surface area contributed by atoms with Gasteiger partial charge >= 0.3 is 0 Å². The number of carbonyl (C=O) groups is 2. The normalized spacial score (nSPS) is 15.5. The number of benzene rings is 2. The Bertz CT molecular complexity index is 910. The van der Waals surface area contributed by atoms with Crippen LogP contribution in [-0.2, 0) is 16.0 Å². The molecule has 30 heavy (non-hydrogen) atoms. The summed E-state index contributed by atoms with van der Waals surface area (Å²) in [6, 6.07) is 12.7. The minimum atomic E-state index is -0.293. The highest BCUT2D eigenvalue weighted by atomic mass is 35.5. The summed E-state index contributed by atoms with van der Waals surface area (Å²) in [6.07, 6.45) is 0.348. The van der Waals surface area contributed by atoms with Crippen molar-refractivity contribution in [1.82, 2.24) is 9.80 Å². The molecule has 0 aromatic heterocycles. The van der Waals surface area contributed by atoms with E-state index >= 15 is 0 Å². The number of amides is 2. The molecule has 160 valence electrons. The summed E-state index contributed by atoms with van der Waals surface area (Å²) in [5.41, 5.74) is 2.63. The van der Waals surface area contributed by atoms with Gasteiger partial charge in [-0.05, 0) is 49.2 Å². The van der Waals surface area contributed by atoms with E-state index in [1.165, 1.54) is 0 Å². The van der Waals surface area contributed by atoms with Crippen LogP contribution in [0.1, 0.15) is 18.1 Å². The van der Waals surface area contributed by atoms with Crippen LogP contribution in [0.4, 0.5) is 5.69 Å². The van der Waals surface area contributed by atoms with Crippen LogP contribution in [0.25, 0.3) is 0 Å². The highest BCUT2D eigenvalue weighted by Gasteiger charge is 2.27. The van der Waals surface area contributed by atoms with Gasteiger partial charge in [-0.2, -0.15) is 0 Å². The topological polar surface area (TPSA) is 61.9 Å². The van der Waals surface area contributed by atoms with Crippen molar-refractivity contribution >= 4 is 29.1 Å². The number of carbonyl (C=O) groups excluding carboxylic acids is 2. The van der Waals surface area contributed by atoms with Crippen molar-refractivity contribution in [2.24, 2.45) is 0 Å². The zero-order valence-electron chi connectivity index (χ0n) is 17.7. The molecule has 1 aliphatic rings. The highest BCUT2D eigenvalue weighted by Crippen LogP contribution is 2.21. The number of nitrogens with zero attached hydrogens (tertiary/aromatic N) is 2. The van der Waals surface area contributed by atoms with Crippen LogP contribution in [0.3, 0.4) is 0 Å². The zero-order valence-corrected chi connectivity index (χ0v) is 18.4. The van der Waals surface area contributed by atoms with E-state index in [4.69, 9.17) is 16.3 Å². The average molecular weight is 430 g/mol. The molecule has 2 amide bonds. The first-order valence-corrected chi connectivity index (χ1v) is 10.5. The molecule has 1 fully saturated rings. The van der Waals surface area contributed by atoms with Crippen LogP contribution < -0.4 is 10.1 Å². The fourth-order valence-corrected chi connectivity index (χ4v) is 3.73. The second kappa shape index (κ2) is 9.96. The molecule has 1 heterocycles. The first-order valence-electron chi connectivity index (χ1n) is 10.1. The lowest BCUT2D eigenvalue weighted by molar-refractivity contribution is -0.133. The number of ether oxygens (including phenoxy) is 1. The van der Waals surface area contributed by atoms with Gasteiger partial charge in [-0.3, -0.25) is 14.5 Å². The number of methoxy groups -OCH3 is 1. The van der Waals surface area contributed by atoms with Crippen LogP contribution >= 0.6 is 11.6 Å². The summed E-state index contributed by atoms with van der Waals surface area (Å²) in [4.78, 5) is 29.3. The largest absolute Gasteiger partial charge is 0.497 e. The second-order valence-corrected chi connectivity index (χ2v) is 8.01. The quantitative estimate of drug-likeness (QED) is 0.764. The fourth-order valence-electron chi connectivity index (χ4n) is 3.56. The minimum absolute atomic E-state index is 0.0727. The third kappa shape index (κ3) is 5.52. The van der Waals surface area contributed by atoms with Gasteiger partial charge < -0.3 is 15.0 Å². The maximum absolute atomic E-state index is 12.7. The molecule has 0 bridgehead atoms. The highest BCUT2D eigenvalue weighted by molar-refractivity contribution is 6.31. The predicted octanol–water partition coefficient (Wildman–Crippen LogP) is 3.37. The molecular weight excluding hydrogens is 402 g/mol. The van der Waals surface area contributed by atoms with E-state index in [1.807, 2.05) is 49.1 Å². The lowest BCUT2D eigenvalue weighted by Gasteiger charge is -2.37. The van der Waals surface area contributed by atoms with Gasteiger partial charge in [-0.25, -0.2) is 0 Å². The average Bonchev–Trinajstić information content (AvgIpc) is 2.76. The molecule has 1 aliphatic heterocycles. The van der Waals surface area contributed by atoms with Gasteiger partial charge in [0, 0.05) is 36.9 Å². The van der Waals surface area contributed by atoms with E-state index in [2.05, 4.69) is 10.2 Å². The van der Waals surface area contributed by atoms with Crippen molar-refractivity contribution < 1.29 is 14.3 Å². The number of piperazine rings is 1. The maximum Gasteiger partial charge on any atom is 0.241 e. The van der Waals surface area contributed by atoms with Crippen molar-refractivity contribution in [1.29, 1.82) is 0 Å². The van der Waals surface area contributed by atoms with Crippen molar-refractivity contribution in [3.63, 3.8) is 0 Å². The van der Waals surface area contributed by atoms with Gasteiger partial charge in [0.05, 0.1) is 19.6 Å². The smallest absolute Gasteiger partial charge is 0.241 e. The summed E-state index contributed by atoms with van der Waals surface area (Å²) in [7, 11) is 1.62. The molecule has 7 heteroatoms. The van der Waals surface area contributed by atoms with Crippen LogP contribution in [0, 0.1) is 6.92 Å². The number of aryl methyl sites for hydroxylation is 1. The Hall–Kier alpha value is -2.57. The summed E-state index contributed by atoms with van der Waals surface area (Å²) >= 11 is 6.04. The van der Waals surface area contributed by atoms with Crippen LogP contribution in [0.5, 0.6) is 5.75 Å². The molecule has 1 N–H and O–H groups in total. The fraction of sp³-hybridized carbons (Fsp3) is 0.391. The predicted molar refractivity (Wildman–Crippen MR) is 119 cm³/mol. The second-order valence-electron chi connectivity index (χ2n) is 7.57. The van der Waals surface area contributed by atoms with E-state index in [-0.39, 0.29) is 17.9 Å². The number of rotatable bonds is 6. The van der Waals surface area contributed by atoms with Crippen LogP contribution in [0.15, 0.2) is 42.5 Å². The number of hydrogen-bond donors (Lipinski definition) is 1. The van der Waals surface area contributed by atoms with Crippen molar-refractivity contribution in [2.75, 3.05) is 38.6 Å². The molecule has 0 spiro atoms. The van der Waals surface area contributed by atoms with E-state index in [0.717, 1.165) is 22.6 Å². The number of anilines is 1. The molecular formula is C23H28ClN3O3. The Morgan fingerprint density at radius 2 is 1.87 bits per heavy atom. The Morgan fingerprint density at radius 1 is 1.13 bits per heavy atom. The Kier molecular flexibility index (Phi) is 7.34. The molecule has 2 aromatic carbocycles. The monoisotopic (exact) mass is 429 g/mol. The number of hydrogen-bond acceptors (Lipinski definition) is 4. The maximum atomic E-state index is 12.7. The Labute approximate surface area is 182 Å². The summed E-state index contributed by atoms with van der Waals surface area (Å²) in [5.74, 6) is 0.769. The Balaban J connectivity index is 1.52. The number of nitrogens with one attached hydrogen (secondary N) is 1. The third-order valence-corrected chi connectivity index (χ3v) is 5.78. The summed E-state index contributed by atoms with van der Waals surface area (Å²) in [5, 5.41) is 3.56. The molecule has 0 aliphatic carbocycles. The van der Waals surface area contributed by atoms with Gasteiger partial charge in [0.1, 0.15) is 5.75 Å². The standard InChI is InChI=1S/C23H28ClN3O3/c1-16-7-8-19(24)15-21(16)25-23(29)17(2)26-9-11-27(12-10-26)22(28)14-18-5-4-6-20(13-18)30-3/h4-8,13,15,17H,9-12,14H2,1-3H3,(H,25,29). The van der Waals surface area contributed by atoms with Crippen molar-refractivity contribution in [3.8, 4) is 5.75 Å². The van der Waals surface area contributed by atoms with Crippen molar-refractivity contribution in [3.05, 3.63) is 58.6 Å². The van der Waals surface area contributed by atoms with E-state index in [9.17, 15) is 9.59 Å². The first-order chi connectivity index (χ1) is 14.4. The van der Waals surface area contributed by atoms with Gasteiger partial charge in [-0.15, -0.1) is 0 Å². The summed E-state index contributed by atoms with van der Waals surface area (Å²) in [6.45, 7) is 6.36. The lowest BCUT2D eigenvalue weighted by atomic mass is 10.1. The van der Waals surface area contributed by atoms with Crippen LogP contribution in [0.2, 0.25) is 5.02 Å². The zero-order chi connectivity index (χ0) is 21.7. The van der Waals surface area contributed by atoms with E-state index < -0.39 is 0 Å². The van der Waals surface area contributed by atoms with E-state index in [1.54, 1.807) is 19.2 Å². The summed E-state index contributed by atoms with van der Waals surface area (Å²) < 4.78 is 5.22. The molecule has 0 radical (unpaired) electrons. The molecule has 3 rings (SSSR count). The van der Waals surface area contributed by atoms with E-state index in [0.29, 0.717) is 37.6 Å². The molecule has 1 saturated heterocycles. The SMILES string of the molecule is COc1cccc(CC(=O)N2CCN(C(C)C(=O)Nc3cc(Cl)ccc3C)CC2)c1. The third-order valence-electron chi connectivity index (χ3n) is 5.54. The van der Waals surface area contributed by atoms with Gasteiger partial charge in [0.2, 0.25) is 11.8 Å². The molecule has 1 atom stereocenters.